The number of esters is 1. The number of rotatable bonds is 80. The van der Waals surface area contributed by atoms with Gasteiger partial charge in [-0.2, -0.15) is 0 Å². The van der Waals surface area contributed by atoms with E-state index in [-0.39, 0.29) is 18.5 Å². The minimum Gasteiger partial charge on any atom is -0.466 e. The van der Waals surface area contributed by atoms with Crippen LogP contribution >= 0.6 is 0 Å². The third-order valence-corrected chi connectivity index (χ3v) is 19.9. The summed E-state index contributed by atoms with van der Waals surface area (Å²) in [7, 11) is 0. The van der Waals surface area contributed by atoms with Gasteiger partial charge < -0.3 is 20.3 Å². The van der Waals surface area contributed by atoms with E-state index < -0.39 is 12.1 Å². The number of carbonyl (C=O) groups excluding carboxylic acids is 2. The molecule has 0 heterocycles. The van der Waals surface area contributed by atoms with Gasteiger partial charge in [0.25, 0.3) is 0 Å². The van der Waals surface area contributed by atoms with Crippen molar-refractivity contribution < 1.29 is 24.5 Å². The molecule has 3 N–H and O–H groups in total. The first kappa shape index (κ1) is 90.1. The summed E-state index contributed by atoms with van der Waals surface area (Å²) in [6.07, 6.45) is 107. The van der Waals surface area contributed by atoms with Crippen molar-refractivity contribution in [3.8, 4) is 0 Å². The molecular formula is C86H165NO5. The Kier molecular flexibility index (Phi) is 79.8. The number of nitrogens with one attached hydrogen (secondary N) is 1. The molecule has 0 saturated carbocycles. The van der Waals surface area contributed by atoms with E-state index in [9.17, 15) is 19.8 Å². The molecule has 0 aromatic heterocycles. The zero-order valence-corrected chi connectivity index (χ0v) is 62.6. The Morgan fingerprint density at radius 2 is 0.543 bits per heavy atom. The Morgan fingerprint density at radius 1 is 0.304 bits per heavy atom. The van der Waals surface area contributed by atoms with Crippen molar-refractivity contribution in [2.45, 2.75) is 488 Å². The molecule has 0 rings (SSSR count). The largest absolute Gasteiger partial charge is 0.466 e. The van der Waals surface area contributed by atoms with Crippen molar-refractivity contribution in [1.29, 1.82) is 0 Å². The number of carbonyl (C=O) groups is 2. The van der Waals surface area contributed by atoms with Crippen LogP contribution in [-0.2, 0) is 14.3 Å². The second kappa shape index (κ2) is 81.5. The highest BCUT2D eigenvalue weighted by molar-refractivity contribution is 5.76. The molecule has 2 unspecified atom stereocenters. The van der Waals surface area contributed by atoms with Crippen LogP contribution < -0.4 is 5.32 Å². The van der Waals surface area contributed by atoms with Crippen molar-refractivity contribution in [1.82, 2.24) is 5.32 Å². The Hall–Kier alpha value is -1.92. The van der Waals surface area contributed by atoms with Gasteiger partial charge in [0.1, 0.15) is 0 Å². The summed E-state index contributed by atoms with van der Waals surface area (Å²) in [5.74, 6) is -0.0161. The molecule has 0 fully saturated rings. The van der Waals surface area contributed by atoms with Gasteiger partial charge in [0.05, 0.1) is 25.4 Å². The number of amides is 1. The van der Waals surface area contributed by atoms with Crippen LogP contribution in [0.4, 0.5) is 0 Å². The van der Waals surface area contributed by atoms with Crippen molar-refractivity contribution in [2.75, 3.05) is 13.2 Å². The van der Waals surface area contributed by atoms with Crippen LogP contribution in [0.15, 0.2) is 36.5 Å². The quantitative estimate of drug-likeness (QED) is 0.0320. The molecule has 0 aromatic rings. The zero-order chi connectivity index (χ0) is 66.3. The fourth-order valence-electron chi connectivity index (χ4n) is 13.5. The van der Waals surface area contributed by atoms with Crippen molar-refractivity contribution in [3.63, 3.8) is 0 Å². The first-order valence-electron chi connectivity index (χ1n) is 42.2. The van der Waals surface area contributed by atoms with Crippen LogP contribution in [-0.4, -0.2) is 47.4 Å². The molecule has 0 aliphatic rings. The molecule has 544 valence electrons. The van der Waals surface area contributed by atoms with Gasteiger partial charge in [-0.3, -0.25) is 9.59 Å². The van der Waals surface area contributed by atoms with Gasteiger partial charge in [-0.15, -0.1) is 0 Å². The molecule has 2 atom stereocenters. The number of unbranched alkanes of at least 4 members (excludes halogenated alkanes) is 63. The lowest BCUT2D eigenvalue weighted by atomic mass is 10.0. The maximum absolute atomic E-state index is 12.6. The van der Waals surface area contributed by atoms with E-state index in [1.807, 2.05) is 0 Å². The SMILES string of the molecule is CCCCC/C=C\C/C=C\CCCCCCCC(=O)OCCCCCCCCCCCCCCCCCCCC/C=C\CCCCCCCCCCCCCCCCCCCC(=O)NC(CO)C(O)CCCCCCCCCCCCCCCCCCCCCCC. The fraction of sp³-hybridized carbons (Fsp3) is 0.907. The third-order valence-electron chi connectivity index (χ3n) is 19.9. The lowest BCUT2D eigenvalue weighted by molar-refractivity contribution is -0.143. The van der Waals surface area contributed by atoms with Crippen LogP contribution in [0, 0.1) is 0 Å². The maximum Gasteiger partial charge on any atom is 0.305 e. The van der Waals surface area contributed by atoms with Gasteiger partial charge in [-0.1, -0.05) is 416 Å². The molecule has 6 nitrogen and oxygen atoms in total. The summed E-state index contributed by atoms with van der Waals surface area (Å²) in [4.78, 5) is 24.7. The lowest BCUT2D eigenvalue weighted by Gasteiger charge is -2.22. The summed E-state index contributed by atoms with van der Waals surface area (Å²) in [6.45, 7) is 4.97. The lowest BCUT2D eigenvalue weighted by Crippen LogP contribution is -2.45. The van der Waals surface area contributed by atoms with E-state index in [4.69, 9.17) is 4.74 Å². The normalized spacial score (nSPS) is 12.6. The summed E-state index contributed by atoms with van der Waals surface area (Å²) in [5.41, 5.74) is 0. The molecular weight excluding hydrogens is 1130 g/mol. The highest BCUT2D eigenvalue weighted by atomic mass is 16.5. The number of ether oxygens (including phenoxy) is 1. The van der Waals surface area contributed by atoms with Gasteiger partial charge in [0.15, 0.2) is 0 Å². The number of hydrogen-bond donors (Lipinski definition) is 3. The predicted molar refractivity (Wildman–Crippen MR) is 407 cm³/mol. The second-order valence-electron chi connectivity index (χ2n) is 29.2. The minimum atomic E-state index is -0.662. The molecule has 0 spiro atoms. The summed E-state index contributed by atoms with van der Waals surface area (Å²) in [5, 5.41) is 23.5. The van der Waals surface area contributed by atoms with Gasteiger partial charge in [-0.05, 0) is 83.5 Å². The smallest absolute Gasteiger partial charge is 0.305 e. The van der Waals surface area contributed by atoms with Crippen molar-refractivity contribution in [2.24, 2.45) is 0 Å². The standard InChI is InChI=1S/C86H165NO5/c1-3-5-7-9-11-13-15-17-19-20-21-41-44-47-51-54-58-62-66-70-74-78-84(89)83(82-88)87-85(90)79-75-71-67-63-59-55-52-48-45-42-39-37-35-33-31-29-27-25-23-22-24-26-28-30-32-34-36-38-40-43-46-49-53-57-61-65-69-73-77-81-92-86(91)80-76-72-68-64-60-56-50-18-16-14-12-10-8-6-4-2/h12,14,18,22-23,50,83-84,88-89H,3-11,13,15-17,19-21,24-49,51-82H2,1-2H3,(H,87,90)/b14-12-,23-22-,50-18-. The van der Waals surface area contributed by atoms with Crippen LogP contribution in [0.2, 0.25) is 0 Å². The molecule has 0 aliphatic heterocycles. The monoisotopic (exact) mass is 1290 g/mol. The first-order valence-corrected chi connectivity index (χ1v) is 42.2. The van der Waals surface area contributed by atoms with Gasteiger partial charge in [0.2, 0.25) is 5.91 Å². The zero-order valence-electron chi connectivity index (χ0n) is 62.6. The van der Waals surface area contributed by atoms with Crippen LogP contribution in [0.3, 0.4) is 0 Å². The molecule has 92 heavy (non-hydrogen) atoms. The molecule has 0 bridgehead atoms. The van der Waals surface area contributed by atoms with E-state index in [1.165, 1.54) is 392 Å². The van der Waals surface area contributed by atoms with Crippen LogP contribution in [0.5, 0.6) is 0 Å². The summed E-state index contributed by atoms with van der Waals surface area (Å²) >= 11 is 0. The van der Waals surface area contributed by atoms with Crippen LogP contribution in [0.1, 0.15) is 476 Å². The number of hydrogen-bond acceptors (Lipinski definition) is 5. The molecule has 6 heteroatoms. The Labute approximate surface area is 576 Å². The van der Waals surface area contributed by atoms with E-state index in [0.717, 1.165) is 51.4 Å². The van der Waals surface area contributed by atoms with Crippen molar-refractivity contribution >= 4 is 11.9 Å². The minimum absolute atomic E-state index is 0.00913. The Morgan fingerprint density at radius 3 is 0.859 bits per heavy atom. The third kappa shape index (κ3) is 77.1. The van der Waals surface area contributed by atoms with Gasteiger partial charge in [0, 0.05) is 12.8 Å². The summed E-state index contributed by atoms with van der Waals surface area (Å²) in [6, 6.07) is -0.539. The molecule has 0 radical (unpaired) electrons. The number of allylic oxidation sites excluding steroid dienone is 6. The predicted octanol–water partition coefficient (Wildman–Crippen LogP) is 28.2. The second-order valence-corrected chi connectivity index (χ2v) is 29.2. The number of aliphatic hydroxyl groups excluding tert-OH is 2. The Balaban J connectivity index is 3.33. The maximum atomic E-state index is 12.6. The van der Waals surface area contributed by atoms with E-state index in [0.29, 0.717) is 25.9 Å². The van der Waals surface area contributed by atoms with E-state index in [1.54, 1.807) is 0 Å². The average Bonchev–Trinajstić information content (AvgIpc) is 3.76. The molecule has 1 amide bonds. The van der Waals surface area contributed by atoms with E-state index in [2.05, 4.69) is 55.6 Å². The van der Waals surface area contributed by atoms with Gasteiger partial charge >= 0.3 is 5.97 Å². The highest BCUT2D eigenvalue weighted by Gasteiger charge is 2.20. The average molecular weight is 1290 g/mol. The fourth-order valence-corrected chi connectivity index (χ4v) is 13.5. The van der Waals surface area contributed by atoms with Gasteiger partial charge in [-0.25, -0.2) is 0 Å². The van der Waals surface area contributed by atoms with Crippen molar-refractivity contribution in [3.05, 3.63) is 36.5 Å². The molecule has 0 saturated heterocycles. The number of aliphatic hydroxyl groups is 2. The highest BCUT2D eigenvalue weighted by Crippen LogP contribution is 2.20. The molecule has 0 aliphatic carbocycles. The summed E-state index contributed by atoms with van der Waals surface area (Å²) < 4.78 is 5.50. The Bertz CT molecular complexity index is 1490. The topological polar surface area (TPSA) is 95.9 Å². The van der Waals surface area contributed by atoms with Crippen LogP contribution in [0.25, 0.3) is 0 Å². The van der Waals surface area contributed by atoms with E-state index >= 15 is 0 Å². The first-order chi connectivity index (χ1) is 45.5. The molecule has 0 aromatic carbocycles.